The third-order valence-corrected chi connectivity index (χ3v) is 4.33. The molecule has 1 aliphatic rings. The number of piperidine rings is 1. The lowest BCUT2D eigenvalue weighted by Gasteiger charge is -2.29. The summed E-state index contributed by atoms with van der Waals surface area (Å²) < 4.78 is 5.99. The Morgan fingerprint density at radius 3 is 2.42 bits per heavy atom. The Hall–Kier alpha value is -2.49. The molecule has 4 nitrogen and oxygen atoms in total. The van der Waals surface area contributed by atoms with E-state index in [1.54, 1.807) is 0 Å². The molecule has 0 aromatic heterocycles. The van der Waals surface area contributed by atoms with Gasteiger partial charge in [0.25, 0.3) is 0 Å². The van der Waals surface area contributed by atoms with Crippen LogP contribution in [0.25, 0.3) is 0 Å². The van der Waals surface area contributed by atoms with E-state index >= 15 is 0 Å². The number of carbonyl (C=O) groups is 1. The molecule has 0 atom stereocenters. The average Bonchev–Trinajstić information content (AvgIpc) is 2.63. The van der Waals surface area contributed by atoms with Crippen LogP contribution in [0.1, 0.15) is 19.3 Å². The van der Waals surface area contributed by atoms with Crippen LogP contribution in [0.15, 0.2) is 54.6 Å². The Kier molecular flexibility index (Phi) is 5.36. The summed E-state index contributed by atoms with van der Waals surface area (Å²) in [7, 11) is 1.94. The highest BCUT2D eigenvalue weighted by atomic mass is 16.5. The van der Waals surface area contributed by atoms with Crippen LogP contribution in [-0.4, -0.2) is 37.5 Å². The highest BCUT2D eigenvalue weighted by molar-refractivity contribution is 5.82. The van der Waals surface area contributed by atoms with Crippen molar-refractivity contribution in [3.8, 4) is 11.5 Å². The zero-order chi connectivity index (χ0) is 16.8. The summed E-state index contributed by atoms with van der Waals surface area (Å²) in [5.74, 6) is 1.74. The van der Waals surface area contributed by atoms with Crippen molar-refractivity contribution in [3.63, 3.8) is 0 Å². The maximum Gasteiger partial charge on any atom is 0.242 e. The van der Waals surface area contributed by atoms with E-state index in [4.69, 9.17) is 4.74 Å². The van der Waals surface area contributed by atoms with Gasteiger partial charge in [0.15, 0.2) is 5.75 Å². The van der Waals surface area contributed by atoms with Crippen LogP contribution in [-0.2, 0) is 4.79 Å². The van der Waals surface area contributed by atoms with Gasteiger partial charge in [-0.05, 0) is 43.5 Å². The van der Waals surface area contributed by atoms with Crippen LogP contribution in [0.4, 0.5) is 5.69 Å². The van der Waals surface area contributed by atoms with Gasteiger partial charge in [0.1, 0.15) is 5.75 Å². The summed E-state index contributed by atoms with van der Waals surface area (Å²) in [6, 6.07) is 17.5. The van der Waals surface area contributed by atoms with E-state index in [-0.39, 0.29) is 5.91 Å². The molecular weight excluding hydrogens is 300 g/mol. The quantitative estimate of drug-likeness (QED) is 0.835. The van der Waals surface area contributed by atoms with E-state index in [2.05, 4.69) is 0 Å². The van der Waals surface area contributed by atoms with Gasteiger partial charge in [0, 0.05) is 20.1 Å². The number of hydrogen-bond acceptors (Lipinski definition) is 3. The minimum Gasteiger partial charge on any atom is -0.455 e. The smallest absolute Gasteiger partial charge is 0.242 e. The van der Waals surface area contributed by atoms with E-state index in [1.807, 2.05) is 71.4 Å². The van der Waals surface area contributed by atoms with Gasteiger partial charge in [-0.15, -0.1) is 0 Å². The van der Waals surface area contributed by atoms with E-state index in [0.29, 0.717) is 6.54 Å². The first-order valence-electron chi connectivity index (χ1n) is 8.55. The van der Waals surface area contributed by atoms with E-state index in [1.165, 1.54) is 6.42 Å². The number of para-hydroxylation sites is 3. The molecule has 4 heteroatoms. The second-order valence-electron chi connectivity index (χ2n) is 6.18. The predicted octanol–water partition coefficient (Wildman–Crippen LogP) is 3.93. The van der Waals surface area contributed by atoms with Gasteiger partial charge in [-0.3, -0.25) is 4.79 Å². The molecule has 0 spiro atoms. The molecule has 1 aliphatic heterocycles. The van der Waals surface area contributed by atoms with Gasteiger partial charge >= 0.3 is 0 Å². The van der Waals surface area contributed by atoms with Crippen LogP contribution in [0.2, 0.25) is 0 Å². The molecule has 3 rings (SSSR count). The number of likely N-dealkylation sites (tertiary alicyclic amines) is 1. The van der Waals surface area contributed by atoms with Crippen LogP contribution >= 0.6 is 0 Å². The third kappa shape index (κ3) is 4.07. The van der Waals surface area contributed by atoms with Crippen LogP contribution < -0.4 is 9.64 Å². The van der Waals surface area contributed by atoms with Crippen LogP contribution in [0.5, 0.6) is 11.5 Å². The lowest BCUT2D eigenvalue weighted by molar-refractivity contribution is -0.130. The molecule has 0 saturated carbocycles. The molecule has 126 valence electrons. The van der Waals surface area contributed by atoms with Gasteiger partial charge in [0.05, 0.1) is 12.2 Å². The number of likely N-dealkylation sites (N-methyl/N-ethyl adjacent to an activating group) is 1. The maximum atomic E-state index is 12.5. The lowest BCUT2D eigenvalue weighted by atomic mass is 10.1. The first-order valence-corrected chi connectivity index (χ1v) is 8.55. The molecule has 0 unspecified atom stereocenters. The summed E-state index contributed by atoms with van der Waals surface area (Å²) >= 11 is 0. The molecule has 1 heterocycles. The van der Waals surface area contributed by atoms with Crippen molar-refractivity contribution >= 4 is 11.6 Å². The first-order chi connectivity index (χ1) is 11.7. The van der Waals surface area contributed by atoms with Gasteiger partial charge in [-0.2, -0.15) is 0 Å². The molecule has 1 fully saturated rings. The van der Waals surface area contributed by atoms with Crippen molar-refractivity contribution in [1.82, 2.24) is 4.90 Å². The zero-order valence-corrected chi connectivity index (χ0v) is 14.1. The van der Waals surface area contributed by atoms with Gasteiger partial charge < -0.3 is 14.5 Å². The van der Waals surface area contributed by atoms with Crippen molar-refractivity contribution in [2.45, 2.75) is 19.3 Å². The number of ether oxygens (including phenoxy) is 1. The first kappa shape index (κ1) is 16.4. The molecule has 2 aromatic carbocycles. The van der Waals surface area contributed by atoms with E-state index in [0.717, 1.165) is 43.1 Å². The normalized spacial score (nSPS) is 14.3. The Bertz CT molecular complexity index is 666. The Labute approximate surface area is 143 Å². The summed E-state index contributed by atoms with van der Waals surface area (Å²) in [5.41, 5.74) is 0.923. The fourth-order valence-corrected chi connectivity index (χ4v) is 3.01. The van der Waals surface area contributed by atoms with Gasteiger partial charge in [-0.25, -0.2) is 0 Å². The van der Waals surface area contributed by atoms with Crippen molar-refractivity contribution in [3.05, 3.63) is 54.6 Å². The number of amides is 1. The second-order valence-corrected chi connectivity index (χ2v) is 6.18. The highest BCUT2D eigenvalue weighted by Crippen LogP contribution is 2.31. The maximum absolute atomic E-state index is 12.5. The fourth-order valence-electron chi connectivity index (χ4n) is 3.01. The molecular formula is C20H24N2O2. The van der Waals surface area contributed by atoms with Crippen molar-refractivity contribution < 1.29 is 9.53 Å². The lowest BCUT2D eigenvalue weighted by Crippen LogP contribution is -2.41. The van der Waals surface area contributed by atoms with Crippen molar-refractivity contribution in [1.29, 1.82) is 0 Å². The number of anilines is 1. The summed E-state index contributed by atoms with van der Waals surface area (Å²) in [6.45, 7) is 2.14. The van der Waals surface area contributed by atoms with E-state index in [9.17, 15) is 4.79 Å². The monoisotopic (exact) mass is 324 g/mol. The number of carbonyl (C=O) groups excluding carboxylic acids is 1. The number of rotatable bonds is 5. The summed E-state index contributed by atoms with van der Waals surface area (Å²) in [6.07, 6.45) is 3.46. The minimum absolute atomic E-state index is 0.187. The predicted molar refractivity (Wildman–Crippen MR) is 96.7 cm³/mol. The fraction of sp³-hybridized carbons (Fsp3) is 0.350. The SMILES string of the molecule is CN(CC(=O)N1CCCCC1)c1ccccc1Oc1ccccc1. The summed E-state index contributed by atoms with van der Waals surface area (Å²) in [5, 5.41) is 0. The Morgan fingerprint density at radius 2 is 1.67 bits per heavy atom. The molecule has 0 radical (unpaired) electrons. The topological polar surface area (TPSA) is 32.8 Å². The minimum atomic E-state index is 0.187. The number of benzene rings is 2. The molecule has 0 aliphatic carbocycles. The van der Waals surface area contributed by atoms with E-state index < -0.39 is 0 Å². The Morgan fingerprint density at radius 1 is 1.00 bits per heavy atom. The largest absolute Gasteiger partial charge is 0.455 e. The summed E-state index contributed by atoms with van der Waals surface area (Å²) in [4.78, 5) is 16.4. The second kappa shape index (κ2) is 7.86. The number of nitrogens with zero attached hydrogens (tertiary/aromatic N) is 2. The Balaban J connectivity index is 1.70. The standard InChI is InChI=1S/C20H24N2O2/c1-21(16-20(23)22-14-8-3-9-15-22)18-12-6-7-13-19(18)24-17-10-4-2-5-11-17/h2,4-7,10-13H,3,8-9,14-16H2,1H3. The highest BCUT2D eigenvalue weighted by Gasteiger charge is 2.19. The average molecular weight is 324 g/mol. The van der Waals surface area contributed by atoms with Crippen LogP contribution in [0, 0.1) is 0 Å². The third-order valence-electron chi connectivity index (χ3n) is 4.33. The molecule has 1 saturated heterocycles. The van der Waals surface area contributed by atoms with Crippen molar-refractivity contribution in [2.24, 2.45) is 0 Å². The molecule has 24 heavy (non-hydrogen) atoms. The van der Waals surface area contributed by atoms with Gasteiger partial charge in [-0.1, -0.05) is 30.3 Å². The number of hydrogen-bond donors (Lipinski definition) is 0. The molecule has 0 N–H and O–H groups in total. The van der Waals surface area contributed by atoms with Gasteiger partial charge in [0.2, 0.25) is 5.91 Å². The molecule has 1 amide bonds. The molecule has 0 bridgehead atoms. The zero-order valence-electron chi connectivity index (χ0n) is 14.1. The van der Waals surface area contributed by atoms with Crippen molar-refractivity contribution in [2.75, 3.05) is 31.6 Å². The van der Waals surface area contributed by atoms with Crippen LogP contribution in [0.3, 0.4) is 0 Å². The molecule has 2 aromatic rings.